The monoisotopic (exact) mass is 255 g/mol. The van der Waals surface area contributed by atoms with Gasteiger partial charge in [-0.1, -0.05) is 24.9 Å². The molecule has 2 N–H and O–H groups in total. The highest BCUT2D eigenvalue weighted by Gasteiger charge is 2.15. The molecule has 0 atom stereocenters. The van der Waals surface area contributed by atoms with Gasteiger partial charge in [0.05, 0.1) is 10.6 Å². The minimum Gasteiger partial charge on any atom is -0.382 e. The molecule has 0 radical (unpaired) electrons. The van der Waals surface area contributed by atoms with E-state index in [1.165, 1.54) is 6.20 Å². The summed E-state index contributed by atoms with van der Waals surface area (Å²) >= 11 is 5.85. The highest BCUT2D eigenvalue weighted by atomic mass is 35.5. The molecule has 17 heavy (non-hydrogen) atoms. The third-order valence-corrected chi connectivity index (χ3v) is 2.87. The maximum absolute atomic E-state index is 12.1. The summed E-state index contributed by atoms with van der Waals surface area (Å²) in [7, 11) is 0. The molecule has 0 unspecified atom stereocenters. The number of hydrogen-bond donors (Lipinski definition) is 1. The van der Waals surface area contributed by atoms with Crippen molar-refractivity contribution in [3.63, 3.8) is 0 Å². The number of anilines is 1. The second-order valence-electron chi connectivity index (χ2n) is 3.83. The van der Waals surface area contributed by atoms with Crippen LogP contribution in [-0.2, 0) is 0 Å². The highest BCUT2D eigenvalue weighted by molar-refractivity contribution is 6.33. The maximum atomic E-state index is 12.1. The van der Waals surface area contributed by atoms with Crippen molar-refractivity contribution in [2.24, 2.45) is 0 Å². The Morgan fingerprint density at radius 2 is 2.24 bits per heavy atom. The van der Waals surface area contributed by atoms with Crippen LogP contribution in [0.4, 0.5) is 5.82 Å². The summed E-state index contributed by atoms with van der Waals surface area (Å²) in [5.41, 5.74) is 6.00. The van der Waals surface area contributed by atoms with Crippen molar-refractivity contribution in [1.82, 2.24) is 9.88 Å². The Bertz CT molecular complexity index is 395. The Hall–Kier alpha value is -1.29. The normalized spacial score (nSPS) is 10.3. The van der Waals surface area contributed by atoms with E-state index < -0.39 is 0 Å². The van der Waals surface area contributed by atoms with Crippen LogP contribution < -0.4 is 5.73 Å². The van der Waals surface area contributed by atoms with E-state index in [1.54, 1.807) is 11.0 Å². The molecule has 5 heteroatoms. The number of pyridine rings is 1. The second-order valence-corrected chi connectivity index (χ2v) is 4.24. The van der Waals surface area contributed by atoms with Crippen molar-refractivity contribution in [2.75, 3.05) is 18.8 Å². The van der Waals surface area contributed by atoms with Crippen LogP contribution in [0, 0.1) is 0 Å². The number of amides is 1. The Morgan fingerprint density at radius 3 is 2.76 bits per heavy atom. The van der Waals surface area contributed by atoms with Gasteiger partial charge in [0.1, 0.15) is 5.82 Å². The number of hydrogen-bond acceptors (Lipinski definition) is 3. The highest BCUT2D eigenvalue weighted by Crippen LogP contribution is 2.17. The Balaban J connectivity index is 2.82. The molecule has 4 nitrogen and oxygen atoms in total. The van der Waals surface area contributed by atoms with Gasteiger partial charge >= 0.3 is 0 Å². The number of unbranched alkanes of at least 4 members (excludes halogenated alkanes) is 1. The fraction of sp³-hybridized carbons (Fsp3) is 0.500. The molecule has 1 rings (SSSR count). The largest absolute Gasteiger partial charge is 0.382 e. The van der Waals surface area contributed by atoms with Gasteiger partial charge < -0.3 is 10.6 Å². The van der Waals surface area contributed by atoms with Crippen LogP contribution >= 0.6 is 11.6 Å². The van der Waals surface area contributed by atoms with Crippen molar-refractivity contribution in [2.45, 2.75) is 26.7 Å². The lowest BCUT2D eigenvalue weighted by molar-refractivity contribution is 0.0762. The van der Waals surface area contributed by atoms with E-state index in [-0.39, 0.29) is 11.7 Å². The van der Waals surface area contributed by atoms with Gasteiger partial charge in [0.15, 0.2) is 0 Å². The van der Waals surface area contributed by atoms with Crippen LogP contribution in [0.3, 0.4) is 0 Å². The first-order valence-corrected chi connectivity index (χ1v) is 6.18. The molecule has 0 aliphatic heterocycles. The molecular weight excluding hydrogens is 238 g/mol. The fourth-order valence-electron chi connectivity index (χ4n) is 1.50. The lowest BCUT2D eigenvalue weighted by Gasteiger charge is -2.20. The van der Waals surface area contributed by atoms with Gasteiger partial charge in [-0.3, -0.25) is 4.79 Å². The smallest absolute Gasteiger partial charge is 0.255 e. The molecule has 1 aromatic rings. The van der Waals surface area contributed by atoms with Crippen molar-refractivity contribution >= 4 is 23.3 Å². The van der Waals surface area contributed by atoms with Gasteiger partial charge in [-0.2, -0.15) is 0 Å². The molecule has 0 saturated heterocycles. The molecule has 1 aromatic heterocycles. The maximum Gasteiger partial charge on any atom is 0.255 e. The first-order valence-electron chi connectivity index (χ1n) is 5.80. The molecule has 0 aliphatic rings. The summed E-state index contributed by atoms with van der Waals surface area (Å²) < 4.78 is 0. The van der Waals surface area contributed by atoms with Crippen LogP contribution in [-0.4, -0.2) is 28.9 Å². The summed E-state index contributed by atoms with van der Waals surface area (Å²) in [6.45, 7) is 5.49. The summed E-state index contributed by atoms with van der Waals surface area (Å²) in [6.07, 6.45) is 3.53. The molecular formula is C12H18ClN3O. The summed E-state index contributed by atoms with van der Waals surface area (Å²) in [5.74, 6) is 0.204. The lowest BCUT2D eigenvalue weighted by atomic mass is 10.2. The molecule has 0 spiro atoms. The SMILES string of the molecule is CCCCN(CC)C(=O)c1cnc(N)c(Cl)c1. The minimum absolute atomic E-state index is 0.0460. The molecule has 0 bridgehead atoms. The van der Waals surface area contributed by atoms with E-state index in [9.17, 15) is 4.79 Å². The van der Waals surface area contributed by atoms with Crippen molar-refractivity contribution in [1.29, 1.82) is 0 Å². The molecule has 0 saturated carbocycles. The predicted molar refractivity (Wildman–Crippen MR) is 70.1 cm³/mol. The zero-order valence-electron chi connectivity index (χ0n) is 10.2. The molecule has 0 aromatic carbocycles. The number of carbonyl (C=O) groups excluding carboxylic acids is 1. The van der Waals surface area contributed by atoms with Crippen LogP contribution in [0.15, 0.2) is 12.3 Å². The second kappa shape index (κ2) is 6.45. The summed E-state index contributed by atoms with van der Waals surface area (Å²) in [6, 6.07) is 1.57. The number of halogens is 1. The van der Waals surface area contributed by atoms with Crippen LogP contribution in [0.25, 0.3) is 0 Å². The number of carbonyl (C=O) groups is 1. The topological polar surface area (TPSA) is 59.2 Å². The van der Waals surface area contributed by atoms with E-state index >= 15 is 0 Å². The van der Waals surface area contributed by atoms with Gasteiger partial charge in [0.2, 0.25) is 0 Å². The Morgan fingerprint density at radius 1 is 1.53 bits per heavy atom. The molecule has 0 fully saturated rings. The standard InChI is InChI=1S/C12H18ClN3O/c1-3-5-6-16(4-2)12(17)9-7-10(13)11(14)15-8-9/h7-8H,3-6H2,1-2H3,(H2,14,15). The van der Waals surface area contributed by atoms with Crippen molar-refractivity contribution in [3.8, 4) is 0 Å². The molecule has 94 valence electrons. The van der Waals surface area contributed by atoms with Crippen LogP contribution in [0.5, 0.6) is 0 Å². The van der Waals surface area contributed by atoms with E-state index in [0.717, 1.165) is 19.4 Å². The zero-order valence-corrected chi connectivity index (χ0v) is 11.0. The Labute approximate surface area is 107 Å². The summed E-state index contributed by atoms with van der Waals surface area (Å²) in [5, 5.41) is 0.322. The van der Waals surface area contributed by atoms with Gasteiger partial charge in [-0.25, -0.2) is 4.98 Å². The van der Waals surface area contributed by atoms with E-state index in [1.807, 2.05) is 6.92 Å². The van der Waals surface area contributed by atoms with E-state index in [2.05, 4.69) is 11.9 Å². The molecule has 1 amide bonds. The quantitative estimate of drug-likeness (QED) is 0.880. The van der Waals surface area contributed by atoms with Gasteiger partial charge in [0.25, 0.3) is 5.91 Å². The molecule has 0 aliphatic carbocycles. The third-order valence-electron chi connectivity index (χ3n) is 2.57. The van der Waals surface area contributed by atoms with Gasteiger partial charge in [-0.15, -0.1) is 0 Å². The van der Waals surface area contributed by atoms with Gasteiger partial charge in [-0.05, 0) is 19.4 Å². The predicted octanol–water partition coefficient (Wildman–Crippen LogP) is 2.58. The first kappa shape index (κ1) is 13.8. The average molecular weight is 256 g/mol. The van der Waals surface area contributed by atoms with E-state index in [0.29, 0.717) is 17.1 Å². The molecule has 1 heterocycles. The van der Waals surface area contributed by atoms with Crippen molar-refractivity contribution in [3.05, 3.63) is 22.8 Å². The van der Waals surface area contributed by atoms with Gasteiger partial charge in [0, 0.05) is 19.3 Å². The minimum atomic E-state index is -0.0460. The van der Waals surface area contributed by atoms with Crippen LogP contribution in [0.1, 0.15) is 37.0 Å². The van der Waals surface area contributed by atoms with Crippen LogP contribution in [0.2, 0.25) is 5.02 Å². The average Bonchev–Trinajstić information content (AvgIpc) is 2.33. The zero-order chi connectivity index (χ0) is 12.8. The number of nitrogens with zero attached hydrogens (tertiary/aromatic N) is 2. The Kier molecular flexibility index (Phi) is 5.22. The van der Waals surface area contributed by atoms with E-state index in [4.69, 9.17) is 17.3 Å². The summed E-state index contributed by atoms with van der Waals surface area (Å²) in [4.78, 5) is 17.8. The first-order chi connectivity index (χ1) is 8.10. The third kappa shape index (κ3) is 3.60. The lowest BCUT2D eigenvalue weighted by Crippen LogP contribution is -2.31. The fourth-order valence-corrected chi connectivity index (χ4v) is 1.67. The number of nitrogen functional groups attached to an aromatic ring is 1. The number of aromatic nitrogens is 1. The number of rotatable bonds is 5. The number of nitrogens with two attached hydrogens (primary N) is 1. The van der Waals surface area contributed by atoms with Crippen molar-refractivity contribution < 1.29 is 4.79 Å².